The Kier molecular flexibility index (Phi) is 8.10. The summed E-state index contributed by atoms with van der Waals surface area (Å²) in [4.78, 5) is 26.4. The predicted molar refractivity (Wildman–Crippen MR) is 125 cm³/mol. The zero-order chi connectivity index (χ0) is 23.8. The second-order valence-corrected chi connectivity index (χ2v) is 7.83. The summed E-state index contributed by atoms with van der Waals surface area (Å²) in [6, 6.07) is 15.5. The van der Waals surface area contributed by atoms with Gasteiger partial charge in [-0.1, -0.05) is 41.9 Å². The number of hydrogen-bond donors (Lipinski definition) is 3. The number of azo groups is 1. The van der Waals surface area contributed by atoms with E-state index < -0.39 is 12.0 Å². The van der Waals surface area contributed by atoms with Crippen molar-refractivity contribution in [3.05, 3.63) is 82.5 Å². The number of aromatic nitrogens is 1. The van der Waals surface area contributed by atoms with Crippen LogP contribution >= 0.6 is 11.6 Å². The highest BCUT2D eigenvalue weighted by molar-refractivity contribution is 6.32. The van der Waals surface area contributed by atoms with Gasteiger partial charge in [-0.05, 0) is 48.2 Å². The maximum Gasteiger partial charge on any atom is 0.307 e. The van der Waals surface area contributed by atoms with E-state index in [9.17, 15) is 14.7 Å². The minimum Gasteiger partial charge on any atom is -0.506 e. The zero-order valence-corrected chi connectivity index (χ0v) is 18.7. The van der Waals surface area contributed by atoms with Crippen molar-refractivity contribution in [2.75, 3.05) is 5.32 Å². The molecule has 1 aromatic heterocycles. The van der Waals surface area contributed by atoms with Crippen LogP contribution in [0, 0.1) is 0 Å². The molecule has 1 atom stereocenters. The molecule has 8 nitrogen and oxygen atoms in total. The number of aryl methyl sites for hydroxylation is 1. The first-order valence-electron chi connectivity index (χ1n) is 10.2. The van der Waals surface area contributed by atoms with Gasteiger partial charge in [-0.15, -0.1) is 0 Å². The van der Waals surface area contributed by atoms with Crippen LogP contribution in [0.25, 0.3) is 0 Å². The smallest absolute Gasteiger partial charge is 0.307 e. The highest BCUT2D eigenvalue weighted by atomic mass is 35.5. The Morgan fingerprint density at radius 3 is 2.52 bits per heavy atom. The Hall–Kier alpha value is -3.78. The van der Waals surface area contributed by atoms with E-state index in [1.54, 1.807) is 18.2 Å². The third-order valence-corrected chi connectivity index (χ3v) is 5.07. The molecule has 1 heterocycles. The van der Waals surface area contributed by atoms with Crippen LogP contribution in [0.3, 0.4) is 0 Å². The van der Waals surface area contributed by atoms with E-state index in [4.69, 9.17) is 16.7 Å². The first-order chi connectivity index (χ1) is 15.8. The quantitative estimate of drug-likeness (QED) is 0.360. The number of carboxylic acid groups (broad SMARTS) is 1. The average Bonchev–Trinajstić information content (AvgIpc) is 2.77. The predicted octanol–water partition coefficient (Wildman–Crippen LogP) is 5.48. The molecule has 1 unspecified atom stereocenters. The van der Waals surface area contributed by atoms with Gasteiger partial charge in [0.25, 0.3) is 0 Å². The monoisotopic (exact) mass is 466 g/mol. The zero-order valence-electron chi connectivity index (χ0n) is 17.9. The van der Waals surface area contributed by atoms with Crippen molar-refractivity contribution in [3.63, 3.8) is 0 Å². The number of aliphatic carboxylic acids is 1. The van der Waals surface area contributed by atoms with Crippen LogP contribution in [0.2, 0.25) is 5.02 Å². The molecule has 170 valence electrons. The van der Waals surface area contributed by atoms with Crippen molar-refractivity contribution in [1.29, 1.82) is 0 Å². The van der Waals surface area contributed by atoms with Crippen LogP contribution in [0.5, 0.6) is 5.75 Å². The van der Waals surface area contributed by atoms with Crippen LogP contribution < -0.4 is 5.32 Å². The minimum atomic E-state index is -1.00. The molecule has 1 amide bonds. The maximum absolute atomic E-state index is 11.2. The number of hydrogen-bond acceptors (Lipinski definition) is 6. The number of aromatic hydroxyl groups is 1. The van der Waals surface area contributed by atoms with E-state index in [1.165, 1.54) is 19.2 Å². The summed E-state index contributed by atoms with van der Waals surface area (Å²) in [7, 11) is 0. The lowest BCUT2D eigenvalue weighted by Crippen LogP contribution is -2.06. The third kappa shape index (κ3) is 7.11. The molecule has 9 heteroatoms. The van der Waals surface area contributed by atoms with E-state index in [-0.39, 0.29) is 23.1 Å². The normalized spacial score (nSPS) is 11.9. The Morgan fingerprint density at radius 1 is 1.12 bits per heavy atom. The number of carbonyl (C=O) groups excluding carboxylic acids is 1. The molecular weight excluding hydrogens is 444 g/mol. The van der Waals surface area contributed by atoms with Gasteiger partial charge >= 0.3 is 5.97 Å². The first kappa shape index (κ1) is 23.9. The summed E-state index contributed by atoms with van der Waals surface area (Å²) in [5.41, 5.74) is 2.41. The van der Waals surface area contributed by atoms with E-state index >= 15 is 0 Å². The Morgan fingerprint density at radius 2 is 1.88 bits per heavy atom. The number of nitrogens with zero attached hydrogens (tertiary/aromatic N) is 3. The van der Waals surface area contributed by atoms with Crippen molar-refractivity contribution in [2.24, 2.45) is 10.2 Å². The Balaban J connectivity index is 1.91. The number of anilines is 1. The van der Waals surface area contributed by atoms with Gasteiger partial charge in [0.1, 0.15) is 23.3 Å². The third-order valence-electron chi connectivity index (χ3n) is 4.78. The molecule has 33 heavy (non-hydrogen) atoms. The summed E-state index contributed by atoms with van der Waals surface area (Å²) in [6.07, 6.45) is 2.40. The molecule has 2 aromatic carbocycles. The van der Waals surface area contributed by atoms with E-state index in [0.717, 1.165) is 5.56 Å². The van der Waals surface area contributed by atoms with E-state index in [1.807, 2.05) is 30.3 Å². The van der Waals surface area contributed by atoms with Crippen molar-refractivity contribution >= 4 is 35.0 Å². The molecule has 0 aliphatic rings. The van der Waals surface area contributed by atoms with Crippen LogP contribution in [0.1, 0.15) is 36.1 Å². The van der Waals surface area contributed by atoms with Gasteiger partial charge in [0.2, 0.25) is 5.91 Å². The fourth-order valence-electron chi connectivity index (χ4n) is 3.27. The number of halogens is 1. The Bertz CT molecular complexity index is 1150. The maximum atomic E-state index is 11.2. The lowest BCUT2D eigenvalue weighted by molar-refractivity contribution is -0.136. The second kappa shape index (κ2) is 11.2. The molecule has 0 aliphatic carbocycles. The topological polar surface area (TPSA) is 124 Å². The number of carbonyl (C=O) groups is 2. The van der Waals surface area contributed by atoms with Crippen LogP contribution in [-0.2, 0) is 22.4 Å². The second-order valence-electron chi connectivity index (χ2n) is 7.42. The molecule has 0 saturated carbocycles. The van der Waals surface area contributed by atoms with Crippen molar-refractivity contribution in [3.8, 4) is 5.75 Å². The Labute approximate surface area is 196 Å². The highest BCUT2D eigenvalue weighted by Crippen LogP contribution is 2.37. The number of phenolic OH excluding ortho intramolecular Hbond substituents is 1. The SMILES string of the molecule is CC(=O)Nc1ccc(N=NC(CCc2ccccc2)c2cc(CC(=O)O)cc(Cl)c2O)cn1. The number of rotatable bonds is 9. The van der Waals surface area contributed by atoms with E-state index in [2.05, 4.69) is 20.5 Å². The van der Waals surface area contributed by atoms with Crippen molar-refractivity contribution in [1.82, 2.24) is 4.98 Å². The summed E-state index contributed by atoms with van der Waals surface area (Å²) < 4.78 is 0. The van der Waals surface area contributed by atoms with Gasteiger partial charge in [0.15, 0.2) is 0 Å². The lowest BCUT2D eigenvalue weighted by Gasteiger charge is -2.16. The molecule has 0 bridgehead atoms. The molecule has 3 aromatic rings. The van der Waals surface area contributed by atoms with Crippen molar-refractivity contribution < 1.29 is 19.8 Å². The summed E-state index contributed by atoms with van der Waals surface area (Å²) in [6.45, 7) is 1.39. The summed E-state index contributed by atoms with van der Waals surface area (Å²) in [5, 5.41) is 31.1. The van der Waals surface area contributed by atoms with Crippen LogP contribution in [-0.4, -0.2) is 27.1 Å². The average molecular weight is 467 g/mol. The lowest BCUT2D eigenvalue weighted by atomic mass is 9.96. The van der Waals surface area contributed by atoms with Gasteiger partial charge in [-0.25, -0.2) is 4.98 Å². The van der Waals surface area contributed by atoms with Gasteiger partial charge in [-0.3, -0.25) is 9.59 Å². The molecule has 0 fully saturated rings. The van der Waals surface area contributed by atoms with Crippen LogP contribution in [0.15, 0.2) is 71.0 Å². The molecule has 3 N–H and O–H groups in total. The fraction of sp³-hybridized carbons (Fsp3) is 0.208. The van der Waals surface area contributed by atoms with Gasteiger partial charge in [0.05, 0.1) is 17.6 Å². The minimum absolute atomic E-state index is 0.0602. The number of pyridine rings is 1. The molecule has 0 saturated heterocycles. The molecule has 3 rings (SSSR count). The molecule has 0 radical (unpaired) electrons. The fourth-order valence-corrected chi connectivity index (χ4v) is 3.52. The summed E-state index contributed by atoms with van der Waals surface area (Å²) in [5.74, 6) is -0.989. The van der Waals surface area contributed by atoms with E-state index in [0.29, 0.717) is 35.5 Å². The standard InChI is InChI=1S/C24H23ClN4O4/c1-15(30)27-22-10-8-18(14-26-22)28-29-21(9-7-16-5-3-2-4-6-16)19-11-17(13-23(31)32)12-20(25)24(19)33/h2-6,8,10-12,14,21,33H,7,9,13H2,1H3,(H,31,32)(H,26,27,30). The molecule has 0 spiro atoms. The number of benzene rings is 2. The highest BCUT2D eigenvalue weighted by Gasteiger charge is 2.19. The number of amides is 1. The summed E-state index contributed by atoms with van der Waals surface area (Å²) >= 11 is 6.18. The van der Waals surface area contributed by atoms with Gasteiger partial charge in [0, 0.05) is 12.5 Å². The van der Waals surface area contributed by atoms with Crippen LogP contribution in [0.4, 0.5) is 11.5 Å². The number of carboxylic acids is 1. The van der Waals surface area contributed by atoms with Gasteiger partial charge < -0.3 is 15.5 Å². The number of phenols is 1. The van der Waals surface area contributed by atoms with Crippen molar-refractivity contribution in [2.45, 2.75) is 32.2 Å². The van der Waals surface area contributed by atoms with Gasteiger partial charge in [-0.2, -0.15) is 10.2 Å². The molecule has 0 aliphatic heterocycles. The number of nitrogens with one attached hydrogen (secondary N) is 1. The largest absolute Gasteiger partial charge is 0.506 e. The molecular formula is C24H23ClN4O4. The first-order valence-corrected chi connectivity index (χ1v) is 10.6.